The van der Waals surface area contributed by atoms with Crippen LogP contribution in [0.5, 0.6) is 5.75 Å². The van der Waals surface area contributed by atoms with E-state index in [0.717, 1.165) is 26.2 Å². The molecule has 4 rings (SSSR count). The van der Waals surface area contributed by atoms with Crippen LogP contribution in [0.15, 0.2) is 36.5 Å². The molecule has 1 aliphatic rings. The normalized spacial score (nSPS) is 26.8. The number of thiazole rings is 1. The third-order valence-corrected chi connectivity index (χ3v) is 6.43. The Balaban J connectivity index is 1.86. The standard InChI is InChI=1S/C22H25NO6S/c1-11-9-23-17(30-11)8-12-7-15(13-5-3-4-6-14(13)21(12)28-2)22-20(27)19(26)18(25)16(10-24)29-22/h3-7,9,16,18-20,22,24-27H,8,10H2,1-2H3/t16-,18-,19+,20-,22+/m1/s1. The number of hydrogen-bond donors (Lipinski definition) is 4. The lowest BCUT2D eigenvalue weighted by molar-refractivity contribution is -0.231. The summed E-state index contributed by atoms with van der Waals surface area (Å²) in [4.78, 5) is 5.56. The predicted molar refractivity (Wildman–Crippen MR) is 113 cm³/mol. The molecule has 2 heterocycles. The maximum atomic E-state index is 10.7. The Hall–Kier alpha value is -2.07. The highest BCUT2D eigenvalue weighted by molar-refractivity contribution is 7.11. The van der Waals surface area contributed by atoms with Gasteiger partial charge in [-0.05, 0) is 23.9 Å². The van der Waals surface area contributed by atoms with Crippen LogP contribution in [0.25, 0.3) is 10.8 Å². The van der Waals surface area contributed by atoms with Gasteiger partial charge in [0.15, 0.2) is 0 Å². The molecule has 160 valence electrons. The second-order valence-electron chi connectivity index (χ2n) is 7.49. The molecular formula is C22H25NO6S. The number of methoxy groups -OCH3 is 1. The van der Waals surface area contributed by atoms with Crippen LogP contribution < -0.4 is 4.74 Å². The summed E-state index contributed by atoms with van der Waals surface area (Å²) in [5.41, 5.74) is 1.53. The molecule has 0 bridgehead atoms. The first kappa shape index (κ1) is 21.2. The Labute approximate surface area is 178 Å². The van der Waals surface area contributed by atoms with E-state index in [9.17, 15) is 20.4 Å². The molecule has 30 heavy (non-hydrogen) atoms. The summed E-state index contributed by atoms with van der Waals surface area (Å²) < 4.78 is 11.6. The quantitative estimate of drug-likeness (QED) is 0.487. The first-order valence-corrected chi connectivity index (χ1v) is 10.6. The van der Waals surface area contributed by atoms with Gasteiger partial charge in [0.1, 0.15) is 36.3 Å². The van der Waals surface area contributed by atoms with Gasteiger partial charge in [-0.25, -0.2) is 4.98 Å². The van der Waals surface area contributed by atoms with Crippen molar-refractivity contribution in [1.29, 1.82) is 0 Å². The van der Waals surface area contributed by atoms with E-state index >= 15 is 0 Å². The van der Waals surface area contributed by atoms with E-state index in [2.05, 4.69) is 4.98 Å². The average molecular weight is 432 g/mol. The van der Waals surface area contributed by atoms with E-state index < -0.39 is 37.1 Å². The zero-order chi connectivity index (χ0) is 21.4. The minimum absolute atomic E-state index is 0.471. The Morgan fingerprint density at radius 2 is 1.83 bits per heavy atom. The van der Waals surface area contributed by atoms with Crippen LogP contribution >= 0.6 is 11.3 Å². The van der Waals surface area contributed by atoms with Crippen LogP contribution in [0.2, 0.25) is 0 Å². The summed E-state index contributed by atoms with van der Waals surface area (Å²) in [5.74, 6) is 0.715. The maximum absolute atomic E-state index is 10.7. The molecule has 0 spiro atoms. The molecule has 0 amide bonds. The smallest absolute Gasteiger partial charge is 0.130 e. The number of benzene rings is 2. The molecular weight excluding hydrogens is 406 g/mol. The Morgan fingerprint density at radius 3 is 2.47 bits per heavy atom. The lowest BCUT2D eigenvalue weighted by Crippen LogP contribution is -2.55. The van der Waals surface area contributed by atoms with Crippen molar-refractivity contribution in [2.24, 2.45) is 0 Å². The molecule has 2 aromatic carbocycles. The summed E-state index contributed by atoms with van der Waals surface area (Å²) >= 11 is 1.60. The van der Waals surface area contributed by atoms with Gasteiger partial charge < -0.3 is 29.9 Å². The molecule has 5 atom stereocenters. The van der Waals surface area contributed by atoms with Gasteiger partial charge in [0, 0.05) is 28.4 Å². The summed E-state index contributed by atoms with van der Waals surface area (Å²) in [6.07, 6.45) is -3.72. The molecule has 0 unspecified atom stereocenters. The van der Waals surface area contributed by atoms with E-state index in [1.165, 1.54) is 0 Å². The molecule has 1 fully saturated rings. The molecule has 1 saturated heterocycles. The van der Waals surface area contributed by atoms with Gasteiger partial charge in [0.05, 0.1) is 18.7 Å². The predicted octanol–water partition coefficient (Wildman–Crippen LogP) is 1.72. The average Bonchev–Trinajstić information content (AvgIpc) is 3.16. The van der Waals surface area contributed by atoms with E-state index in [-0.39, 0.29) is 0 Å². The molecule has 0 radical (unpaired) electrons. The zero-order valence-corrected chi connectivity index (χ0v) is 17.5. The van der Waals surface area contributed by atoms with Gasteiger partial charge >= 0.3 is 0 Å². The van der Waals surface area contributed by atoms with E-state index in [4.69, 9.17) is 9.47 Å². The number of hydrogen-bond acceptors (Lipinski definition) is 8. The molecule has 1 aliphatic heterocycles. The van der Waals surface area contributed by atoms with Gasteiger partial charge in [0.25, 0.3) is 0 Å². The Bertz CT molecular complexity index is 1040. The highest BCUT2D eigenvalue weighted by atomic mass is 32.1. The van der Waals surface area contributed by atoms with E-state index in [1.54, 1.807) is 18.4 Å². The fourth-order valence-corrected chi connectivity index (χ4v) is 4.86. The number of aliphatic hydroxyl groups is 4. The first-order valence-electron chi connectivity index (χ1n) is 9.75. The van der Waals surface area contributed by atoms with Crippen LogP contribution in [-0.2, 0) is 11.2 Å². The lowest BCUT2D eigenvalue weighted by atomic mass is 9.87. The largest absolute Gasteiger partial charge is 0.496 e. The number of aryl methyl sites for hydroxylation is 1. The van der Waals surface area contributed by atoms with Crippen molar-refractivity contribution >= 4 is 22.1 Å². The maximum Gasteiger partial charge on any atom is 0.130 e. The van der Waals surface area contributed by atoms with Crippen molar-refractivity contribution < 1.29 is 29.9 Å². The highest BCUT2D eigenvalue weighted by Crippen LogP contribution is 2.41. The van der Waals surface area contributed by atoms with Gasteiger partial charge in [-0.15, -0.1) is 11.3 Å². The topological polar surface area (TPSA) is 112 Å². The van der Waals surface area contributed by atoms with Crippen LogP contribution in [-0.4, -0.2) is 63.5 Å². The van der Waals surface area contributed by atoms with Crippen LogP contribution in [0.1, 0.15) is 27.1 Å². The monoisotopic (exact) mass is 431 g/mol. The van der Waals surface area contributed by atoms with Crippen molar-refractivity contribution in [3.8, 4) is 5.75 Å². The zero-order valence-electron chi connectivity index (χ0n) is 16.7. The molecule has 4 N–H and O–H groups in total. The Morgan fingerprint density at radius 1 is 1.10 bits per heavy atom. The first-order chi connectivity index (χ1) is 14.4. The van der Waals surface area contributed by atoms with E-state index in [1.807, 2.05) is 43.5 Å². The van der Waals surface area contributed by atoms with Gasteiger partial charge in [-0.2, -0.15) is 0 Å². The summed E-state index contributed by atoms with van der Waals surface area (Å²) in [6.45, 7) is 1.53. The fourth-order valence-electron chi connectivity index (χ4n) is 4.05. The molecule has 0 aliphatic carbocycles. The summed E-state index contributed by atoms with van der Waals surface area (Å²) in [6, 6.07) is 9.49. The molecule has 7 nitrogen and oxygen atoms in total. The second kappa shape index (κ2) is 8.58. The third-order valence-electron chi connectivity index (χ3n) is 5.52. The number of aliphatic hydroxyl groups excluding tert-OH is 4. The van der Waals surface area contributed by atoms with Crippen molar-refractivity contribution in [2.75, 3.05) is 13.7 Å². The van der Waals surface area contributed by atoms with Crippen molar-refractivity contribution in [3.63, 3.8) is 0 Å². The number of fused-ring (bicyclic) bond motifs is 1. The Kier molecular flexibility index (Phi) is 6.06. The molecule has 1 aromatic heterocycles. The van der Waals surface area contributed by atoms with Crippen LogP contribution in [0.3, 0.4) is 0 Å². The van der Waals surface area contributed by atoms with Gasteiger partial charge in [-0.1, -0.05) is 24.3 Å². The molecule has 3 aromatic rings. The van der Waals surface area contributed by atoms with Crippen molar-refractivity contribution in [1.82, 2.24) is 4.98 Å². The number of rotatable bonds is 5. The SMILES string of the molecule is COc1c(Cc2ncc(C)s2)cc([C@@H]2O[C@H](CO)[C@@H](O)[C@H](O)[C@H]2O)c2ccccc12. The fraction of sp³-hybridized carbons (Fsp3) is 0.409. The minimum atomic E-state index is -1.44. The number of aromatic nitrogens is 1. The van der Waals surface area contributed by atoms with E-state index in [0.29, 0.717) is 17.7 Å². The van der Waals surface area contributed by atoms with Crippen molar-refractivity contribution in [3.05, 3.63) is 57.5 Å². The summed E-state index contributed by atoms with van der Waals surface area (Å²) in [5, 5.41) is 43.3. The summed E-state index contributed by atoms with van der Waals surface area (Å²) in [7, 11) is 1.62. The van der Waals surface area contributed by atoms with Gasteiger partial charge in [0.2, 0.25) is 0 Å². The van der Waals surface area contributed by atoms with Crippen LogP contribution in [0, 0.1) is 6.92 Å². The third kappa shape index (κ3) is 3.71. The molecule has 0 saturated carbocycles. The van der Waals surface area contributed by atoms with Crippen LogP contribution in [0.4, 0.5) is 0 Å². The number of ether oxygens (including phenoxy) is 2. The minimum Gasteiger partial charge on any atom is -0.496 e. The molecule has 8 heteroatoms. The second-order valence-corrected chi connectivity index (χ2v) is 8.81. The highest BCUT2D eigenvalue weighted by Gasteiger charge is 2.44. The number of nitrogens with zero attached hydrogens (tertiary/aromatic N) is 1. The van der Waals surface area contributed by atoms with Crippen molar-refractivity contribution in [2.45, 2.75) is 43.9 Å². The lowest BCUT2D eigenvalue weighted by Gasteiger charge is -2.40. The van der Waals surface area contributed by atoms with Gasteiger partial charge in [-0.3, -0.25) is 0 Å².